The second kappa shape index (κ2) is 13.5. The molecule has 5 aliphatic rings. The normalized spacial score (nSPS) is 41.2. The van der Waals surface area contributed by atoms with E-state index in [1.54, 1.807) is 0 Å². The summed E-state index contributed by atoms with van der Waals surface area (Å²) in [6.45, 7) is 2.87. The van der Waals surface area contributed by atoms with Gasteiger partial charge in [-0.3, -0.25) is 14.7 Å². The Kier molecular flexibility index (Phi) is 10.3. The molecule has 5 rings (SSSR count). The van der Waals surface area contributed by atoms with Crippen LogP contribution in [0.25, 0.3) is 0 Å². The third-order valence-corrected chi connectivity index (χ3v) is 10.8. The van der Waals surface area contributed by atoms with Crippen LogP contribution in [0.1, 0.15) is 90.4 Å². The van der Waals surface area contributed by atoms with Crippen LogP contribution in [0.5, 0.6) is 0 Å². The minimum absolute atomic E-state index is 0.00154. The Morgan fingerprint density at radius 3 is 2.54 bits per heavy atom. The molecule has 0 spiro atoms. The van der Waals surface area contributed by atoms with Crippen molar-refractivity contribution in [2.45, 2.75) is 132 Å². The average Bonchev–Trinajstić information content (AvgIpc) is 3.26. The predicted octanol–water partition coefficient (Wildman–Crippen LogP) is 2.80. The van der Waals surface area contributed by atoms with Crippen LogP contribution in [-0.2, 0) is 9.53 Å². The Morgan fingerprint density at radius 2 is 1.85 bits per heavy atom. The molecule has 0 aromatic heterocycles. The highest BCUT2D eigenvalue weighted by Gasteiger charge is 2.50. The standard InChI is InChI=1S/C28H49BClN5O4/c1-17-33-34-28-24(16-26(36)31-14-13-18-3-7-20(8-4-18)29(37)38)32-27(19-5-9-21(30)10-6-19)23-15-22(39-2)11-12-25(23)35(17)28/h17-25,28,33-34,37-38H,3-16H2,1-2H3,(H,31,36)/t17?,18?,19?,20?,21?,22?,23?,24-,25?,28?/m0/s1. The zero-order valence-electron chi connectivity index (χ0n) is 23.7. The van der Waals surface area contributed by atoms with Gasteiger partial charge in [0.1, 0.15) is 0 Å². The maximum Gasteiger partial charge on any atom is 0.454 e. The smallest absolute Gasteiger partial charge is 0.427 e. The van der Waals surface area contributed by atoms with Crippen molar-refractivity contribution in [1.29, 1.82) is 0 Å². The van der Waals surface area contributed by atoms with Gasteiger partial charge in [0.25, 0.3) is 0 Å². The maximum atomic E-state index is 13.3. The van der Waals surface area contributed by atoms with E-state index in [4.69, 9.17) is 21.3 Å². The Balaban J connectivity index is 1.27. The SMILES string of the molecule is COC1CCC2C(C1)C(C1CCC(Cl)CC1)=N[C@@H](CC(=O)NCCC1CCC(B(O)O)CC1)C1NNC(C)N21. The van der Waals surface area contributed by atoms with E-state index < -0.39 is 7.12 Å². The first-order valence-electron chi connectivity index (χ1n) is 15.5. The van der Waals surface area contributed by atoms with Gasteiger partial charge < -0.3 is 20.1 Å². The number of hydrogen-bond donors (Lipinski definition) is 5. The average molecular weight is 566 g/mol. The van der Waals surface area contributed by atoms with Gasteiger partial charge in [-0.2, -0.15) is 0 Å². The van der Waals surface area contributed by atoms with Gasteiger partial charge in [0.2, 0.25) is 5.91 Å². The molecule has 5 unspecified atom stereocenters. The molecule has 39 heavy (non-hydrogen) atoms. The van der Waals surface area contributed by atoms with Crippen molar-refractivity contribution < 1.29 is 19.6 Å². The number of hydrogen-bond acceptors (Lipinski definition) is 8. The molecular weight excluding hydrogens is 517 g/mol. The Hall–Kier alpha value is -0.745. The van der Waals surface area contributed by atoms with Gasteiger partial charge in [0.15, 0.2) is 0 Å². The van der Waals surface area contributed by atoms with Crippen LogP contribution in [0.3, 0.4) is 0 Å². The minimum Gasteiger partial charge on any atom is -0.427 e. The largest absolute Gasteiger partial charge is 0.454 e. The van der Waals surface area contributed by atoms with Crippen LogP contribution in [0.15, 0.2) is 4.99 Å². The molecule has 4 fully saturated rings. The number of nitrogens with one attached hydrogen (secondary N) is 3. The third-order valence-electron chi connectivity index (χ3n) is 10.4. The van der Waals surface area contributed by atoms with Gasteiger partial charge in [-0.05, 0) is 75.9 Å². The van der Waals surface area contributed by atoms with Gasteiger partial charge in [0, 0.05) is 36.7 Å². The van der Waals surface area contributed by atoms with Crippen LogP contribution < -0.4 is 16.2 Å². The van der Waals surface area contributed by atoms with Crippen LogP contribution in [-0.4, -0.2) is 83.2 Å². The second-order valence-corrected chi connectivity index (χ2v) is 13.4. The second-order valence-electron chi connectivity index (χ2n) is 12.8. The first-order chi connectivity index (χ1) is 18.8. The number of amides is 1. The van der Waals surface area contributed by atoms with Gasteiger partial charge in [-0.15, -0.1) is 11.6 Å². The van der Waals surface area contributed by atoms with Gasteiger partial charge in [-0.25, -0.2) is 10.9 Å². The molecule has 3 aliphatic carbocycles. The zero-order chi connectivity index (χ0) is 27.5. The third kappa shape index (κ3) is 7.01. The van der Waals surface area contributed by atoms with Crippen molar-refractivity contribution in [3.63, 3.8) is 0 Å². The van der Waals surface area contributed by atoms with Crippen molar-refractivity contribution in [3.8, 4) is 0 Å². The van der Waals surface area contributed by atoms with E-state index in [-0.39, 0.29) is 41.6 Å². The highest BCUT2D eigenvalue weighted by atomic mass is 35.5. The van der Waals surface area contributed by atoms with Crippen molar-refractivity contribution >= 4 is 30.3 Å². The van der Waals surface area contributed by atoms with E-state index in [1.807, 2.05) is 7.11 Å². The molecule has 0 radical (unpaired) electrons. The molecule has 6 atom stereocenters. The fourth-order valence-electron chi connectivity index (χ4n) is 8.11. The lowest BCUT2D eigenvalue weighted by Crippen LogP contribution is -2.55. The molecule has 9 nitrogen and oxygen atoms in total. The van der Waals surface area contributed by atoms with Crippen molar-refractivity contribution in [2.75, 3.05) is 13.7 Å². The van der Waals surface area contributed by atoms with E-state index >= 15 is 0 Å². The number of rotatable bonds is 8. The van der Waals surface area contributed by atoms with Crippen molar-refractivity contribution in [1.82, 2.24) is 21.1 Å². The number of methoxy groups -OCH3 is 1. The van der Waals surface area contributed by atoms with E-state index in [1.165, 1.54) is 5.71 Å². The number of aliphatic imine (C=N–C) groups is 1. The number of alkyl halides is 1. The van der Waals surface area contributed by atoms with Gasteiger partial charge in [0.05, 0.1) is 30.9 Å². The summed E-state index contributed by atoms with van der Waals surface area (Å²) in [6, 6.07) is 0.228. The van der Waals surface area contributed by atoms with Gasteiger partial charge >= 0.3 is 7.12 Å². The highest BCUT2D eigenvalue weighted by molar-refractivity contribution is 6.43. The van der Waals surface area contributed by atoms with Crippen molar-refractivity contribution in [2.24, 2.45) is 22.7 Å². The number of carbonyl (C=O) groups is 1. The summed E-state index contributed by atoms with van der Waals surface area (Å²) < 4.78 is 5.86. The monoisotopic (exact) mass is 565 g/mol. The van der Waals surface area contributed by atoms with E-state index in [0.717, 1.165) is 77.0 Å². The Bertz CT molecular complexity index is 852. The molecule has 1 amide bonds. The topological polar surface area (TPSA) is 118 Å². The van der Waals surface area contributed by atoms with Crippen LogP contribution in [0.2, 0.25) is 5.82 Å². The summed E-state index contributed by atoms with van der Waals surface area (Å²) in [5.74, 6) is 1.37. The lowest BCUT2D eigenvalue weighted by molar-refractivity contribution is -0.121. The van der Waals surface area contributed by atoms with E-state index in [2.05, 4.69) is 28.0 Å². The molecule has 1 saturated heterocycles. The number of carbonyl (C=O) groups excluding carboxylic acids is 1. The Morgan fingerprint density at radius 1 is 1.10 bits per heavy atom. The summed E-state index contributed by atoms with van der Waals surface area (Å²) in [5, 5.41) is 22.3. The molecule has 0 bridgehead atoms. The van der Waals surface area contributed by atoms with E-state index in [9.17, 15) is 14.8 Å². The van der Waals surface area contributed by atoms with Crippen LogP contribution in [0, 0.1) is 17.8 Å². The lowest BCUT2D eigenvalue weighted by atomic mass is 9.63. The molecule has 11 heteroatoms. The molecule has 3 saturated carbocycles. The number of hydrazine groups is 1. The minimum atomic E-state index is -1.20. The summed E-state index contributed by atoms with van der Waals surface area (Å²) in [6.07, 6.45) is 12.8. The summed E-state index contributed by atoms with van der Waals surface area (Å²) in [5.41, 5.74) is 8.26. The molecular formula is C28H49BClN5O4. The van der Waals surface area contributed by atoms with E-state index in [0.29, 0.717) is 36.8 Å². The lowest BCUT2D eigenvalue weighted by Gasteiger charge is -2.44. The number of ether oxygens (including phenoxy) is 1. The maximum absolute atomic E-state index is 13.3. The van der Waals surface area contributed by atoms with Gasteiger partial charge in [-0.1, -0.05) is 25.7 Å². The summed E-state index contributed by atoms with van der Waals surface area (Å²) in [7, 11) is 0.627. The zero-order valence-corrected chi connectivity index (χ0v) is 24.5. The number of halogens is 1. The van der Waals surface area contributed by atoms with Crippen molar-refractivity contribution in [3.05, 3.63) is 0 Å². The number of fused-ring (bicyclic) bond motifs is 3. The highest BCUT2D eigenvalue weighted by Crippen LogP contribution is 2.42. The Labute approximate surface area is 239 Å². The number of nitrogens with zero attached hydrogens (tertiary/aromatic N) is 2. The fourth-order valence-corrected chi connectivity index (χ4v) is 8.37. The molecule has 2 heterocycles. The summed E-state index contributed by atoms with van der Waals surface area (Å²) >= 11 is 6.49. The molecule has 2 aliphatic heterocycles. The molecule has 5 N–H and O–H groups in total. The fraction of sp³-hybridized carbons (Fsp3) is 0.929. The van der Waals surface area contributed by atoms with Crippen LogP contribution >= 0.6 is 11.6 Å². The molecule has 0 aromatic rings. The predicted molar refractivity (Wildman–Crippen MR) is 154 cm³/mol. The first-order valence-corrected chi connectivity index (χ1v) is 15.9. The first kappa shape index (κ1) is 29.7. The quantitative estimate of drug-likeness (QED) is 0.227. The molecule has 0 aromatic carbocycles. The molecule has 220 valence electrons. The van der Waals surface area contributed by atoms with Crippen LogP contribution in [0.4, 0.5) is 0 Å². The summed E-state index contributed by atoms with van der Waals surface area (Å²) in [4.78, 5) is 21.3.